The molecule has 182 valence electrons. The topological polar surface area (TPSA) is 49.9 Å². The Morgan fingerprint density at radius 1 is 0.758 bits per heavy atom. The summed E-state index contributed by atoms with van der Waals surface area (Å²) in [6, 6.07) is 7.86. The van der Waals surface area contributed by atoms with Crippen molar-refractivity contribution < 1.29 is 14.3 Å². The van der Waals surface area contributed by atoms with Crippen molar-refractivity contribution in [2.75, 3.05) is 31.1 Å². The number of rotatable bonds is 8. The summed E-state index contributed by atoms with van der Waals surface area (Å²) in [4.78, 5) is 29.6. The molecule has 1 saturated heterocycles. The fourth-order valence-corrected chi connectivity index (χ4v) is 5.93. The first kappa shape index (κ1) is 24.1. The highest BCUT2D eigenvalue weighted by Crippen LogP contribution is 2.31. The molecular formula is C28H42N2O3. The summed E-state index contributed by atoms with van der Waals surface area (Å²) in [6.07, 6.45) is 16.3. The van der Waals surface area contributed by atoms with Gasteiger partial charge >= 0.3 is 5.97 Å². The lowest BCUT2D eigenvalue weighted by Gasteiger charge is -2.37. The van der Waals surface area contributed by atoms with E-state index in [4.69, 9.17) is 4.74 Å². The van der Waals surface area contributed by atoms with Crippen LogP contribution < -0.4 is 9.64 Å². The zero-order valence-electron chi connectivity index (χ0n) is 20.3. The van der Waals surface area contributed by atoms with E-state index >= 15 is 0 Å². The molecule has 2 saturated carbocycles. The lowest BCUT2D eigenvalue weighted by atomic mass is 9.86. The minimum Gasteiger partial charge on any atom is -0.424 e. The van der Waals surface area contributed by atoms with E-state index in [2.05, 4.69) is 4.90 Å². The minimum atomic E-state index is -0.121. The second-order valence-electron chi connectivity index (χ2n) is 10.4. The van der Waals surface area contributed by atoms with Gasteiger partial charge < -0.3 is 14.5 Å². The lowest BCUT2D eigenvalue weighted by molar-refractivity contribution is -0.134. The van der Waals surface area contributed by atoms with Gasteiger partial charge in [-0.2, -0.15) is 0 Å². The summed E-state index contributed by atoms with van der Waals surface area (Å²) in [6.45, 7) is 3.05. The molecule has 3 fully saturated rings. The van der Waals surface area contributed by atoms with Gasteiger partial charge in [-0.05, 0) is 36.8 Å². The Morgan fingerprint density at radius 2 is 1.33 bits per heavy atom. The second-order valence-corrected chi connectivity index (χ2v) is 10.4. The number of hydrogen-bond donors (Lipinski definition) is 0. The molecule has 0 radical (unpaired) electrons. The summed E-state index contributed by atoms with van der Waals surface area (Å²) in [7, 11) is 0. The van der Waals surface area contributed by atoms with Crippen LogP contribution in [0.1, 0.15) is 89.9 Å². The Morgan fingerprint density at radius 3 is 1.97 bits per heavy atom. The maximum absolute atomic E-state index is 12.7. The third-order valence-corrected chi connectivity index (χ3v) is 8.03. The van der Waals surface area contributed by atoms with E-state index in [0.29, 0.717) is 30.4 Å². The van der Waals surface area contributed by atoms with Crippen molar-refractivity contribution in [2.45, 2.75) is 89.9 Å². The van der Waals surface area contributed by atoms with Gasteiger partial charge in [0.2, 0.25) is 5.91 Å². The number of esters is 1. The van der Waals surface area contributed by atoms with E-state index in [0.717, 1.165) is 50.6 Å². The first-order valence-corrected chi connectivity index (χ1v) is 13.5. The van der Waals surface area contributed by atoms with Crippen LogP contribution in [-0.4, -0.2) is 43.0 Å². The van der Waals surface area contributed by atoms with Crippen molar-refractivity contribution in [2.24, 2.45) is 11.8 Å². The number of anilines is 1. The number of carbonyl (C=O) groups is 2. The fraction of sp³-hybridized carbons (Fsp3) is 0.714. The Balaban J connectivity index is 1.23. The van der Waals surface area contributed by atoms with E-state index in [1.165, 1.54) is 64.2 Å². The number of benzene rings is 1. The average molecular weight is 455 g/mol. The molecular weight excluding hydrogens is 412 g/mol. The maximum atomic E-state index is 12.7. The van der Waals surface area contributed by atoms with Gasteiger partial charge in [0.25, 0.3) is 0 Å². The molecule has 1 aliphatic heterocycles. The smallest absolute Gasteiger partial charge is 0.311 e. The van der Waals surface area contributed by atoms with Gasteiger partial charge in [0.15, 0.2) is 5.75 Å². The van der Waals surface area contributed by atoms with Gasteiger partial charge in [0.1, 0.15) is 0 Å². The Hall–Kier alpha value is -2.04. The van der Waals surface area contributed by atoms with Crippen molar-refractivity contribution in [1.29, 1.82) is 0 Å². The molecule has 0 N–H and O–H groups in total. The van der Waals surface area contributed by atoms with Crippen LogP contribution in [0.5, 0.6) is 5.75 Å². The number of hydrogen-bond acceptors (Lipinski definition) is 4. The molecule has 0 unspecified atom stereocenters. The molecule has 5 nitrogen and oxygen atoms in total. The van der Waals surface area contributed by atoms with Crippen LogP contribution in [-0.2, 0) is 9.59 Å². The van der Waals surface area contributed by atoms with Crippen molar-refractivity contribution in [3.63, 3.8) is 0 Å². The Bertz CT molecular complexity index is 760. The summed E-state index contributed by atoms with van der Waals surface area (Å²) in [5, 5.41) is 0. The Kier molecular flexibility index (Phi) is 9.08. The summed E-state index contributed by atoms with van der Waals surface area (Å²) in [5.41, 5.74) is 0.970. The van der Waals surface area contributed by atoms with Crippen LogP contribution in [0, 0.1) is 11.8 Å². The van der Waals surface area contributed by atoms with Crippen LogP contribution in [0.3, 0.4) is 0 Å². The highest BCUT2D eigenvalue weighted by atomic mass is 16.5. The van der Waals surface area contributed by atoms with Gasteiger partial charge in [0, 0.05) is 39.0 Å². The molecule has 1 aromatic carbocycles. The van der Waals surface area contributed by atoms with Crippen LogP contribution in [0.25, 0.3) is 0 Å². The van der Waals surface area contributed by atoms with Crippen molar-refractivity contribution >= 4 is 17.6 Å². The molecule has 0 bridgehead atoms. The molecule has 0 atom stereocenters. The molecule has 33 heavy (non-hydrogen) atoms. The number of amides is 1. The minimum absolute atomic E-state index is 0.121. The number of nitrogens with zero attached hydrogens (tertiary/aromatic N) is 2. The molecule has 0 spiro atoms. The van der Waals surface area contributed by atoms with Crippen molar-refractivity contribution in [3.8, 4) is 5.75 Å². The monoisotopic (exact) mass is 454 g/mol. The quantitative estimate of drug-likeness (QED) is 0.359. The van der Waals surface area contributed by atoms with Crippen LogP contribution >= 0.6 is 0 Å². The first-order chi connectivity index (χ1) is 16.2. The van der Waals surface area contributed by atoms with E-state index in [9.17, 15) is 9.59 Å². The van der Waals surface area contributed by atoms with Crippen LogP contribution in [0.2, 0.25) is 0 Å². The van der Waals surface area contributed by atoms with E-state index in [-0.39, 0.29) is 5.97 Å². The third-order valence-electron chi connectivity index (χ3n) is 8.03. The SMILES string of the molecule is O=C(CCC1CCCCC1)Oc1ccccc1N1CCN(C(=O)CCC2CCCCC2)CC1. The molecule has 5 heteroatoms. The van der Waals surface area contributed by atoms with Crippen molar-refractivity contribution in [1.82, 2.24) is 4.90 Å². The van der Waals surface area contributed by atoms with E-state index < -0.39 is 0 Å². The largest absolute Gasteiger partial charge is 0.424 e. The van der Waals surface area contributed by atoms with Gasteiger partial charge in [-0.15, -0.1) is 0 Å². The average Bonchev–Trinajstić information content (AvgIpc) is 2.88. The zero-order chi connectivity index (χ0) is 22.9. The molecule has 4 rings (SSSR count). The molecule has 1 aromatic rings. The molecule has 2 aliphatic carbocycles. The van der Waals surface area contributed by atoms with Gasteiger partial charge in [-0.3, -0.25) is 9.59 Å². The third kappa shape index (κ3) is 7.22. The van der Waals surface area contributed by atoms with E-state index in [1.54, 1.807) is 0 Å². The highest BCUT2D eigenvalue weighted by Gasteiger charge is 2.25. The van der Waals surface area contributed by atoms with Gasteiger partial charge in [0.05, 0.1) is 5.69 Å². The number of para-hydroxylation sites is 2. The van der Waals surface area contributed by atoms with Gasteiger partial charge in [-0.25, -0.2) is 0 Å². The molecule has 3 aliphatic rings. The van der Waals surface area contributed by atoms with Crippen molar-refractivity contribution in [3.05, 3.63) is 24.3 Å². The van der Waals surface area contributed by atoms with E-state index in [1.807, 2.05) is 29.2 Å². The summed E-state index contributed by atoms with van der Waals surface area (Å²) >= 11 is 0. The second kappa shape index (κ2) is 12.4. The molecule has 1 heterocycles. The predicted octanol–water partition coefficient (Wildman–Crippen LogP) is 5.96. The number of ether oxygens (including phenoxy) is 1. The molecule has 1 amide bonds. The lowest BCUT2D eigenvalue weighted by Crippen LogP contribution is -2.49. The standard InChI is InChI=1S/C28H42N2O3/c31-27(17-15-23-9-3-1-4-10-23)30-21-19-29(20-22-30)25-13-7-8-14-26(25)33-28(32)18-16-24-11-5-2-6-12-24/h7-8,13-14,23-24H,1-6,9-12,15-22H2. The molecule has 0 aromatic heterocycles. The fourth-order valence-electron chi connectivity index (χ4n) is 5.93. The zero-order valence-corrected chi connectivity index (χ0v) is 20.3. The first-order valence-electron chi connectivity index (χ1n) is 13.5. The summed E-state index contributed by atoms with van der Waals surface area (Å²) < 4.78 is 5.81. The number of carbonyl (C=O) groups excluding carboxylic acids is 2. The number of piperazine rings is 1. The predicted molar refractivity (Wildman–Crippen MR) is 132 cm³/mol. The van der Waals surface area contributed by atoms with Crippen LogP contribution in [0.4, 0.5) is 5.69 Å². The van der Waals surface area contributed by atoms with Crippen LogP contribution in [0.15, 0.2) is 24.3 Å². The maximum Gasteiger partial charge on any atom is 0.311 e. The highest BCUT2D eigenvalue weighted by molar-refractivity contribution is 5.77. The Labute approximate surface area is 199 Å². The summed E-state index contributed by atoms with van der Waals surface area (Å²) in [5.74, 6) is 2.28. The van der Waals surface area contributed by atoms with Gasteiger partial charge in [-0.1, -0.05) is 76.3 Å². The normalized spacial score (nSPS) is 20.6.